The molecule has 0 unspecified atom stereocenters. The summed E-state index contributed by atoms with van der Waals surface area (Å²) in [5, 5.41) is 4.28. The number of hydrogen-bond acceptors (Lipinski definition) is 3. The Morgan fingerprint density at radius 2 is 1.87 bits per heavy atom. The number of anilines is 1. The van der Waals surface area contributed by atoms with Gasteiger partial charge in [0.2, 0.25) is 0 Å². The minimum absolute atomic E-state index is 0.468. The highest BCUT2D eigenvalue weighted by Gasteiger charge is 1.97. The van der Waals surface area contributed by atoms with E-state index < -0.39 is 0 Å². The van der Waals surface area contributed by atoms with Crippen molar-refractivity contribution in [2.45, 2.75) is 20.8 Å². The van der Waals surface area contributed by atoms with Crippen LogP contribution in [0.25, 0.3) is 0 Å². The Morgan fingerprint density at radius 1 is 1.27 bits per heavy atom. The summed E-state index contributed by atoms with van der Waals surface area (Å²) in [4.78, 5) is 0. The second-order valence-corrected chi connectivity index (χ2v) is 3.75. The molecule has 0 aromatic heterocycles. The van der Waals surface area contributed by atoms with Crippen molar-refractivity contribution in [3.05, 3.63) is 24.3 Å². The second kappa shape index (κ2) is 5.39. The fourth-order valence-corrected chi connectivity index (χ4v) is 0.947. The van der Waals surface area contributed by atoms with Crippen molar-refractivity contribution in [1.82, 2.24) is 0 Å². The molecule has 0 radical (unpaired) electrons. The lowest BCUT2D eigenvalue weighted by Gasteiger charge is -2.06. The molecule has 0 saturated heterocycles. The van der Waals surface area contributed by atoms with Crippen LogP contribution in [0.4, 0.5) is 5.69 Å². The molecule has 3 heteroatoms. The lowest BCUT2D eigenvalue weighted by molar-refractivity contribution is 0.415. The Labute approximate surface area is 91.1 Å². The van der Waals surface area contributed by atoms with E-state index in [1.165, 1.54) is 0 Å². The first kappa shape index (κ1) is 11.6. The minimum atomic E-state index is 0.468. The summed E-state index contributed by atoms with van der Waals surface area (Å²) in [6.45, 7) is 6.25. The molecule has 0 saturated carbocycles. The van der Waals surface area contributed by atoms with Crippen molar-refractivity contribution >= 4 is 11.4 Å². The minimum Gasteiger partial charge on any atom is -0.497 e. The SMILES string of the molecule is COc1ccc(N/N=C(/C)C(C)C)cc1. The van der Waals surface area contributed by atoms with Crippen molar-refractivity contribution in [1.29, 1.82) is 0 Å². The van der Waals surface area contributed by atoms with E-state index >= 15 is 0 Å². The molecule has 1 N–H and O–H groups in total. The number of ether oxygens (including phenoxy) is 1. The monoisotopic (exact) mass is 206 g/mol. The maximum atomic E-state index is 5.07. The van der Waals surface area contributed by atoms with Crippen molar-refractivity contribution in [2.75, 3.05) is 12.5 Å². The van der Waals surface area contributed by atoms with E-state index in [1.807, 2.05) is 31.2 Å². The van der Waals surface area contributed by atoms with Gasteiger partial charge in [0.05, 0.1) is 12.8 Å². The van der Waals surface area contributed by atoms with Gasteiger partial charge < -0.3 is 4.74 Å². The molecule has 0 amide bonds. The van der Waals surface area contributed by atoms with Gasteiger partial charge >= 0.3 is 0 Å². The van der Waals surface area contributed by atoms with Crippen molar-refractivity contribution in [3.8, 4) is 5.75 Å². The summed E-state index contributed by atoms with van der Waals surface area (Å²) in [5.74, 6) is 1.32. The fourth-order valence-electron chi connectivity index (χ4n) is 0.947. The fraction of sp³-hybridized carbons (Fsp3) is 0.417. The first-order chi connectivity index (χ1) is 7.13. The van der Waals surface area contributed by atoms with E-state index in [-0.39, 0.29) is 0 Å². The van der Waals surface area contributed by atoms with Crippen LogP contribution in [0.1, 0.15) is 20.8 Å². The zero-order valence-electron chi connectivity index (χ0n) is 9.74. The molecule has 82 valence electrons. The van der Waals surface area contributed by atoms with Crippen molar-refractivity contribution in [3.63, 3.8) is 0 Å². The Morgan fingerprint density at radius 3 is 2.33 bits per heavy atom. The molecule has 15 heavy (non-hydrogen) atoms. The molecular weight excluding hydrogens is 188 g/mol. The molecule has 0 fully saturated rings. The largest absolute Gasteiger partial charge is 0.497 e. The molecule has 1 aromatic carbocycles. The lowest BCUT2D eigenvalue weighted by Crippen LogP contribution is -2.04. The van der Waals surface area contributed by atoms with Crippen LogP contribution < -0.4 is 10.2 Å². The quantitative estimate of drug-likeness (QED) is 0.606. The number of methoxy groups -OCH3 is 1. The number of rotatable bonds is 4. The van der Waals surface area contributed by atoms with Crippen molar-refractivity contribution < 1.29 is 4.74 Å². The zero-order chi connectivity index (χ0) is 11.3. The highest BCUT2D eigenvalue weighted by atomic mass is 16.5. The summed E-state index contributed by atoms with van der Waals surface area (Å²) < 4.78 is 5.07. The maximum Gasteiger partial charge on any atom is 0.119 e. The Hall–Kier alpha value is -1.51. The molecule has 3 nitrogen and oxygen atoms in total. The van der Waals surface area contributed by atoms with Gasteiger partial charge in [0, 0.05) is 5.71 Å². The molecule has 0 bridgehead atoms. The third-order valence-corrected chi connectivity index (χ3v) is 2.29. The van der Waals surface area contributed by atoms with E-state index in [1.54, 1.807) is 7.11 Å². The summed E-state index contributed by atoms with van der Waals surface area (Å²) in [5.41, 5.74) is 5.07. The summed E-state index contributed by atoms with van der Waals surface area (Å²) in [7, 11) is 1.66. The van der Waals surface area contributed by atoms with E-state index in [4.69, 9.17) is 4.74 Å². The predicted octanol–water partition coefficient (Wildman–Crippen LogP) is 3.14. The van der Waals surface area contributed by atoms with E-state index in [9.17, 15) is 0 Å². The molecule has 1 rings (SSSR count). The van der Waals surface area contributed by atoms with Crippen LogP contribution in [-0.2, 0) is 0 Å². The molecule has 0 aliphatic rings. The van der Waals surface area contributed by atoms with E-state index in [0.717, 1.165) is 17.1 Å². The summed E-state index contributed by atoms with van der Waals surface area (Å²) in [6.07, 6.45) is 0. The highest BCUT2D eigenvalue weighted by Crippen LogP contribution is 2.15. The van der Waals surface area contributed by atoms with Gasteiger partial charge in [-0.15, -0.1) is 0 Å². The molecular formula is C12H18N2O. The average Bonchev–Trinajstić information content (AvgIpc) is 2.26. The molecule has 0 aliphatic carbocycles. The number of hydrazone groups is 1. The van der Waals surface area contributed by atoms with Gasteiger partial charge in [-0.25, -0.2) is 0 Å². The van der Waals surface area contributed by atoms with Crippen LogP contribution in [0.2, 0.25) is 0 Å². The van der Waals surface area contributed by atoms with Crippen LogP contribution >= 0.6 is 0 Å². The van der Waals surface area contributed by atoms with Crippen LogP contribution in [0.15, 0.2) is 29.4 Å². The Bertz CT molecular complexity index is 328. The third-order valence-electron chi connectivity index (χ3n) is 2.29. The van der Waals surface area contributed by atoms with Gasteiger partial charge in [0.25, 0.3) is 0 Å². The molecule has 1 aromatic rings. The first-order valence-electron chi connectivity index (χ1n) is 5.07. The van der Waals surface area contributed by atoms with E-state index in [0.29, 0.717) is 5.92 Å². The predicted molar refractivity (Wildman–Crippen MR) is 64.6 cm³/mol. The number of nitrogens with one attached hydrogen (secondary N) is 1. The Balaban J connectivity index is 2.62. The number of nitrogens with zero attached hydrogens (tertiary/aromatic N) is 1. The van der Waals surface area contributed by atoms with Crippen molar-refractivity contribution in [2.24, 2.45) is 11.0 Å². The summed E-state index contributed by atoms with van der Waals surface area (Å²) >= 11 is 0. The number of hydrogen-bond donors (Lipinski definition) is 1. The maximum absolute atomic E-state index is 5.07. The normalized spacial score (nSPS) is 11.7. The van der Waals surface area contributed by atoms with Gasteiger partial charge in [0.15, 0.2) is 0 Å². The van der Waals surface area contributed by atoms with Gasteiger partial charge in [-0.05, 0) is 37.1 Å². The highest BCUT2D eigenvalue weighted by molar-refractivity contribution is 5.84. The van der Waals surface area contributed by atoms with Gasteiger partial charge in [-0.3, -0.25) is 5.43 Å². The molecule has 0 atom stereocenters. The molecule has 0 aliphatic heterocycles. The van der Waals surface area contributed by atoms with Gasteiger partial charge in [-0.2, -0.15) is 5.10 Å². The zero-order valence-corrected chi connectivity index (χ0v) is 9.74. The summed E-state index contributed by atoms with van der Waals surface area (Å²) in [6, 6.07) is 7.69. The molecule has 0 spiro atoms. The van der Waals surface area contributed by atoms with Gasteiger partial charge in [-0.1, -0.05) is 13.8 Å². The van der Waals surface area contributed by atoms with Gasteiger partial charge in [0.1, 0.15) is 5.75 Å². The van der Waals surface area contributed by atoms with Crippen LogP contribution in [0.3, 0.4) is 0 Å². The second-order valence-electron chi connectivity index (χ2n) is 3.75. The smallest absolute Gasteiger partial charge is 0.119 e. The van der Waals surface area contributed by atoms with E-state index in [2.05, 4.69) is 24.4 Å². The molecule has 0 heterocycles. The third kappa shape index (κ3) is 3.62. The Kier molecular flexibility index (Phi) is 4.16. The standard InChI is InChI=1S/C12H18N2O/c1-9(2)10(3)13-14-11-5-7-12(15-4)8-6-11/h5-9,14H,1-4H3/b13-10-. The first-order valence-corrected chi connectivity index (χ1v) is 5.07. The van der Waals surface area contributed by atoms with Crippen LogP contribution in [0, 0.1) is 5.92 Å². The number of benzene rings is 1. The topological polar surface area (TPSA) is 33.6 Å². The van der Waals surface area contributed by atoms with Crippen LogP contribution in [0.5, 0.6) is 5.75 Å². The average molecular weight is 206 g/mol. The van der Waals surface area contributed by atoms with Crippen LogP contribution in [-0.4, -0.2) is 12.8 Å². The lowest BCUT2D eigenvalue weighted by atomic mass is 10.1.